The first kappa shape index (κ1) is 10.9. The molecular weight excluding hydrogens is 224 g/mol. The Morgan fingerprint density at radius 1 is 1.31 bits per heavy atom. The van der Waals surface area contributed by atoms with Crippen molar-refractivity contribution in [1.29, 1.82) is 0 Å². The van der Waals surface area contributed by atoms with Crippen LogP contribution in [-0.4, -0.2) is 31.0 Å². The fourth-order valence-electron chi connectivity index (χ4n) is 1.40. The van der Waals surface area contributed by atoms with Gasteiger partial charge in [0.15, 0.2) is 11.0 Å². The molecule has 2 rings (SSSR count). The molecule has 0 radical (unpaired) electrons. The highest BCUT2D eigenvalue weighted by Gasteiger charge is 2.10. The molecule has 2 aromatic rings. The second-order valence-electron chi connectivity index (χ2n) is 3.30. The summed E-state index contributed by atoms with van der Waals surface area (Å²) < 4.78 is 1.73. The van der Waals surface area contributed by atoms with Gasteiger partial charge in [-0.05, 0) is 19.2 Å². The number of hydrogen-bond donors (Lipinski definition) is 1. The van der Waals surface area contributed by atoms with Gasteiger partial charge in [-0.15, -0.1) is 0 Å². The van der Waals surface area contributed by atoms with Gasteiger partial charge >= 0.3 is 0 Å². The molecule has 0 aromatic carbocycles. The first-order chi connectivity index (χ1) is 7.60. The molecule has 0 atom stereocenters. The summed E-state index contributed by atoms with van der Waals surface area (Å²) in [5.41, 5.74) is 7.38. The van der Waals surface area contributed by atoms with Gasteiger partial charge in [0.25, 0.3) is 0 Å². The second-order valence-corrected chi connectivity index (χ2v) is 4.07. The van der Waals surface area contributed by atoms with Gasteiger partial charge in [-0.25, -0.2) is 4.98 Å². The molecule has 0 spiro atoms. The fraction of sp³-hybridized carbons (Fsp3) is 0.333. The number of aryl methyl sites for hydroxylation is 2. The van der Waals surface area contributed by atoms with E-state index in [9.17, 15) is 0 Å². The van der Waals surface area contributed by atoms with Gasteiger partial charge in [-0.2, -0.15) is 15.1 Å². The monoisotopic (exact) mass is 236 g/mol. The zero-order valence-electron chi connectivity index (χ0n) is 9.30. The van der Waals surface area contributed by atoms with Crippen LogP contribution in [-0.2, 0) is 7.05 Å². The number of nitrogen functional groups attached to an aromatic ring is 1. The van der Waals surface area contributed by atoms with Crippen molar-refractivity contribution < 1.29 is 0 Å². The molecule has 0 fully saturated rings. The first-order valence-electron chi connectivity index (χ1n) is 4.66. The summed E-state index contributed by atoms with van der Waals surface area (Å²) in [5.74, 6) is 0.785. The summed E-state index contributed by atoms with van der Waals surface area (Å²) in [6.07, 6.45) is 1.90. The average molecular weight is 236 g/mol. The van der Waals surface area contributed by atoms with Crippen LogP contribution in [0.25, 0.3) is 11.5 Å². The molecule has 6 nitrogen and oxygen atoms in total. The van der Waals surface area contributed by atoms with E-state index in [0.717, 1.165) is 11.4 Å². The van der Waals surface area contributed by atoms with Crippen LogP contribution in [0.5, 0.6) is 0 Å². The van der Waals surface area contributed by atoms with Gasteiger partial charge < -0.3 is 5.73 Å². The molecule has 0 aliphatic carbocycles. The zero-order valence-corrected chi connectivity index (χ0v) is 10.1. The SMILES string of the molecule is CSc1nc(N)nc(-c2cc(C)nn2C)n1. The van der Waals surface area contributed by atoms with Crippen molar-refractivity contribution in [2.24, 2.45) is 7.05 Å². The number of aromatic nitrogens is 5. The van der Waals surface area contributed by atoms with Crippen LogP contribution in [0.1, 0.15) is 5.69 Å². The smallest absolute Gasteiger partial charge is 0.224 e. The van der Waals surface area contributed by atoms with Crippen molar-refractivity contribution in [3.05, 3.63) is 11.8 Å². The van der Waals surface area contributed by atoms with E-state index in [1.165, 1.54) is 11.8 Å². The molecule has 2 N–H and O–H groups in total. The fourth-order valence-corrected chi connectivity index (χ4v) is 1.76. The zero-order chi connectivity index (χ0) is 11.7. The Kier molecular flexibility index (Phi) is 2.78. The van der Waals surface area contributed by atoms with Crippen LogP contribution >= 0.6 is 11.8 Å². The molecule has 2 aromatic heterocycles. The lowest BCUT2D eigenvalue weighted by Crippen LogP contribution is -2.04. The minimum atomic E-state index is 0.230. The maximum absolute atomic E-state index is 5.62. The third-order valence-corrected chi connectivity index (χ3v) is 2.59. The highest BCUT2D eigenvalue weighted by molar-refractivity contribution is 7.98. The normalized spacial score (nSPS) is 10.7. The number of rotatable bonds is 2. The summed E-state index contributed by atoms with van der Waals surface area (Å²) in [4.78, 5) is 12.4. The number of nitrogens with zero attached hydrogens (tertiary/aromatic N) is 5. The van der Waals surface area contributed by atoms with Crippen LogP contribution in [0.3, 0.4) is 0 Å². The molecule has 7 heteroatoms. The van der Waals surface area contributed by atoms with E-state index in [0.29, 0.717) is 11.0 Å². The summed E-state index contributed by atoms with van der Waals surface area (Å²) in [7, 11) is 1.85. The van der Waals surface area contributed by atoms with E-state index >= 15 is 0 Å². The van der Waals surface area contributed by atoms with E-state index in [4.69, 9.17) is 5.73 Å². The first-order valence-corrected chi connectivity index (χ1v) is 5.89. The van der Waals surface area contributed by atoms with E-state index in [1.807, 2.05) is 26.3 Å². The van der Waals surface area contributed by atoms with E-state index in [2.05, 4.69) is 20.1 Å². The third kappa shape index (κ3) is 1.99. The van der Waals surface area contributed by atoms with Crippen molar-refractivity contribution in [3.63, 3.8) is 0 Å². The largest absolute Gasteiger partial charge is 0.368 e. The molecule has 2 heterocycles. The minimum absolute atomic E-state index is 0.230. The number of nitrogens with two attached hydrogens (primary N) is 1. The molecule has 0 bridgehead atoms. The van der Waals surface area contributed by atoms with Crippen LogP contribution in [0.2, 0.25) is 0 Å². The standard InChI is InChI=1S/C9H12N6S/c1-5-4-6(15(2)14-5)7-11-8(10)13-9(12-7)16-3/h4H,1-3H3,(H2,10,11,12,13). The van der Waals surface area contributed by atoms with Crippen LogP contribution in [0, 0.1) is 6.92 Å². The lowest BCUT2D eigenvalue weighted by molar-refractivity contribution is 0.754. The summed E-state index contributed by atoms with van der Waals surface area (Å²) in [5, 5.41) is 4.85. The molecule has 0 saturated carbocycles. The van der Waals surface area contributed by atoms with Gasteiger partial charge in [0.05, 0.1) is 5.69 Å². The van der Waals surface area contributed by atoms with Gasteiger partial charge in [0, 0.05) is 7.05 Å². The Balaban J connectivity index is 2.55. The Hall–Kier alpha value is -1.63. The van der Waals surface area contributed by atoms with Crippen molar-refractivity contribution in [2.45, 2.75) is 12.1 Å². The van der Waals surface area contributed by atoms with E-state index in [1.54, 1.807) is 4.68 Å². The van der Waals surface area contributed by atoms with Crippen LogP contribution in [0.15, 0.2) is 11.2 Å². The van der Waals surface area contributed by atoms with Crippen molar-refractivity contribution in [3.8, 4) is 11.5 Å². The van der Waals surface area contributed by atoms with Crippen molar-refractivity contribution >= 4 is 17.7 Å². The van der Waals surface area contributed by atoms with Crippen LogP contribution in [0.4, 0.5) is 5.95 Å². The highest BCUT2D eigenvalue weighted by Crippen LogP contribution is 2.18. The van der Waals surface area contributed by atoms with E-state index < -0.39 is 0 Å². The predicted octanol–water partition coefficient (Wildman–Crippen LogP) is 0.885. The second kappa shape index (κ2) is 4.09. The predicted molar refractivity (Wildman–Crippen MR) is 63.0 cm³/mol. The third-order valence-electron chi connectivity index (χ3n) is 2.05. The lowest BCUT2D eigenvalue weighted by Gasteiger charge is -2.02. The van der Waals surface area contributed by atoms with Gasteiger partial charge in [-0.1, -0.05) is 11.8 Å². The molecule has 0 unspecified atom stereocenters. The van der Waals surface area contributed by atoms with Crippen molar-refractivity contribution in [2.75, 3.05) is 12.0 Å². The minimum Gasteiger partial charge on any atom is -0.368 e. The van der Waals surface area contributed by atoms with Crippen molar-refractivity contribution in [1.82, 2.24) is 24.7 Å². The number of hydrogen-bond acceptors (Lipinski definition) is 6. The maximum Gasteiger partial charge on any atom is 0.224 e. The summed E-state index contributed by atoms with van der Waals surface area (Å²) in [6.45, 7) is 1.92. The lowest BCUT2D eigenvalue weighted by atomic mass is 10.3. The van der Waals surface area contributed by atoms with Gasteiger partial charge in [0.1, 0.15) is 5.69 Å². The van der Waals surface area contributed by atoms with E-state index in [-0.39, 0.29) is 5.95 Å². The highest BCUT2D eigenvalue weighted by atomic mass is 32.2. The Labute approximate surface area is 97.3 Å². The quantitative estimate of drug-likeness (QED) is 0.779. The summed E-state index contributed by atoms with van der Waals surface area (Å²) in [6, 6.07) is 1.92. The molecule has 0 saturated heterocycles. The van der Waals surface area contributed by atoms with Gasteiger partial charge in [-0.3, -0.25) is 4.68 Å². The van der Waals surface area contributed by atoms with Gasteiger partial charge in [0.2, 0.25) is 5.95 Å². The van der Waals surface area contributed by atoms with Crippen LogP contribution < -0.4 is 5.73 Å². The Bertz CT molecular complexity index is 521. The Morgan fingerprint density at radius 3 is 2.62 bits per heavy atom. The Morgan fingerprint density at radius 2 is 2.06 bits per heavy atom. The molecule has 0 aliphatic rings. The molecule has 16 heavy (non-hydrogen) atoms. The molecule has 0 aliphatic heterocycles. The summed E-state index contributed by atoms with van der Waals surface area (Å²) >= 11 is 1.43. The molecule has 0 amide bonds. The number of anilines is 1. The maximum atomic E-state index is 5.62. The molecule has 84 valence electrons. The molecular formula is C9H12N6S. The topological polar surface area (TPSA) is 82.5 Å². The number of thioether (sulfide) groups is 1. The average Bonchev–Trinajstić information content (AvgIpc) is 2.57.